The molecule has 0 aliphatic heterocycles. The van der Waals surface area contributed by atoms with Crippen LogP contribution in [0.2, 0.25) is 0 Å². The van der Waals surface area contributed by atoms with E-state index in [1.807, 2.05) is 4.72 Å². The molecule has 0 aromatic carbocycles. The maximum absolute atomic E-state index is 11.6. The van der Waals surface area contributed by atoms with Crippen LogP contribution in [0.5, 0.6) is 0 Å². The lowest BCUT2D eigenvalue weighted by molar-refractivity contribution is -0.140. The number of carboxylic acids is 1. The van der Waals surface area contributed by atoms with Gasteiger partial charge in [-0.25, -0.2) is 8.42 Å². The van der Waals surface area contributed by atoms with Crippen LogP contribution >= 0.6 is 0 Å². The maximum atomic E-state index is 11.6. The van der Waals surface area contributed by atoms with Gasteiger partial charge in [0.1, 0.15) is 6.04 Å². The molecule has 0 amide bonds. The van der Waals surface area contributed by atoms with Gasteiger partial charge in [-0.05, 0) is 6.07 Å². The highest BCUT2D eigenvalue weighted by Gasteiger charge is 2.25. The molecular formula is C7H11N3O5S. The average molecular weight is 249 g/mol. The lowest BCUT2D eigenvalue weighted by Gasteiger charge is -2.12. The molecule has 0 fully saturated rings. The summed E-state index contributed by atoms with van der Waals surface area (Å²) in [5.41, 5.74) is 0. The maximum Gasteiger partial charge on any atom is 0.324 e. The first-order chi connectivity index (χ1) is 7.47. The SMILES string of the molecule is COCC(NS(=O)(=O)c1ccn[nH]1)C(=O)O. The van der Waals surface area contributed by atoms with Crippen LogP contribution in [0.15, 0.2) is 17.3 Å². The van der Waals surface area contributed by atoms with Gasteiger partial charge >= 0.3 is 5.97 Å². The molecule has 1 heterocycles. The number of rotatable bonds is 6. The minimum absolute atomic E-state index is 0.199. The number of nitrogens with one attached hydrogen (secondary N) is 2. The van der Waals surface area contributed by atoms with Crippen LogP contribution in [0.4, 0.5) is 0 Å². The Balaban J connectivity index is 2.82. The number of ether oxygens (including phenoxy) is 1. The minimum atomic E-state index is -3.91. The van der Waals surface area contributed by atoms with Gasteiger partial charge in [-0.3, -0.25) is 9.89 Å². The molecule has 0 spiro atoms. The van der Waals surface area contributed by atoms with Crippen molar-refractivity contribution in [3.05, 3.63) is 12.3 Å². The number of hydrogen-bond acceptors (Lipinski definition) is 5. The van der Waals surface area contributed by atoms with E-state index < -0.39 is 22.0 Å². The Labute approximate surface area is 91.7 Å². The molecule has 1 unspecified atom stereocenters. The van der Waals surface area contributed by atoms with Crippen LogP contribution in [0, 0.1) is 0 Å². The normalized spacial score (nSPS) is 13.6. The lowest BCUT2D eigenvalue weighted by Crippen LogP contribution is -2.43. The Morgan fingerprint density at radius 1 is 1.75 bits per heavy atom. The van der Waals surface area contributed by atoms with Gasteiger partial charge in [-0.2, -0.15) is 9.82 Å². The van der Waals surface area contributed by atoms with Crippen LogP contribution in [-0.4, -0.2) is 49.4 Å². The fourth-order valence-corrected chi connectivity index (χ4v) is 2.05. The number of methoxy groups -OCH3 is 1. The number of aliphatic carboxylic acids is 1. The highest BCUT2D eigenvalue weighted by atomic mass is 32.2. The van der Waals surface area contributed by atoms with Crippen LogP contribution in [-0.2, 0) is 19.6 Å². The second-order valence-electron chi connectivity index (χ2n) is 2.89. The Morgan fingerprint density at radius 2 is 2.44 bits per heavy atom. The number of carbonyl (C=O) groups is 1. The molecule has 1 rings (SSSR count). The summed E-state index contributed by atoms with van der Waals surface area (Å²) >= 11 is 0. The Morgan fingerprint density at radius 3 is 2.88 bits per heavy atom. The van der Waals surface area contributed by atoms with Gasteiger partial charge in [0.2, 0.25) is 0 Å². The molecule has 16 heavy (non-hydrogen) atoms. The van der Waals surface area contributed by atoms with Crippen molar-refractivity contribution in [1.82, 2.24) is 14.9 Å². The first kappa shape index (κ1) is 12.6. The third-order valence-electron chi connectivity index (χ3n) is 1.69. The van der Waals surface area contributed by atoms with E-state index in [1.54, 1.807) is 0 Å². The summed E-state index contributed by atoms with van der Waals surface area (Å²) in [5, 5.41) is 14.2. The minimum Gasteiger partial charge on any atom is -0.480 e. The van der Waals surface area contributed by atoms with Crippen molar-refractivity contribution in [2.75, 3.05) is 13.7 Å². The van der Waals surface area contributed by atoms with E-state index >= 15 is 0 Å². The molecule has 1 atom stereocenters. The lowest BCUT2D eigenvalue weighted by atomic mass is 10.3. The van der Waals surface area contributed by atoms with Crippen LogP contribution in [0.25, 0.3) is 0 Å². The van der Waals surface area contributed by atoms with Crippen molar-refractivity contribution in [3.63, 3.8) is 0 Å². The van der Waals surface area contributed by atoms with Gasteiger partial charge in [0.25, 0.3) is 10.0 Å². The molecule has 1 aromatic heterocycles. The Hall–Kier alpha value is -1.45. The highest BCUT2D eigenvalue weighted by molar-refractivity contribution is 7.89. The van der Waals surface area contributed by atoms with Gasteiger partial charge in [-0.15, -0.1) is 0 Å². The fraction of sp³-hybridized carbons (Fsp3) is 0.429. The van der Waals surface area contributed by atoms with Gasteiger partial charge in [0.05, 0.1) is 12.8 Å². The van der Waals surface area contributed by atoms with E-state index in [-0.39, 0.29) is 11.6 Å². The van der Waals surface area contributed by atoms with E-state index in [0.29, 0.717) is 0 Å². The quantitative estimate of drug-likeness (QED) is 0.581. The third-order valence-corrected chi connectivity index (χ3v) is 3.09. The molecule has 8 nitrogen and oxygen atoms in total. The first-order valence-electron chi connectivity index (χ1n) is 4.21. The average Bonchev–Trinajstić information content (AvgIpc) is 2.69. The molecule has 0 aliphatic rings. The summed E-state index contributed by atoms with van der Waals surface area (Å²) < 4.78 is 29.7. The standard InChI is InChI=1S/C7H11N3O5S/c1-15-4-5(7(11)12)10-16(13,14)6-2-3-8-9-6/h2-3,5,10H,4H2,1H3,(H,8,9)(H,11,12). The summed E-state index contributed by atoms with van der Waals surface area (Å²) in [6.07, 6.45) is 1.25. The van der Waals surface area contributed by atoms with Gasteiger partial charge in [0, 0.05) is 7.11 Å². The molecule has 90 valence electrons. The molecule has 0 aliphatic carbocycles. The predicted molar refractivity (Wildman–Crippen MR) is 52.2 cm³/mol. The first-order valence-corrected chi connectivity index (χ1v) is 5.69. The van der Waals surface area contributed by atoms with E-state index in [2.05, 4.69) is 14.9 Å². The molecule has 0 saturated carbocycles. The largest absolute Gasteiger partial charge is 0.480 e. The second kappa shape index (κ2) is 5.05. The number of sulfonamides is 1. The van der Waals surface area contributed by atoms with E-state index in [0.717, 1.165) is 0 Å². The highest BCUT2D eigenvalue weighted by Crippen LogP contribution is 2.03. The fourth-order valence-electron chi connectivity index (χ4n) is 0.966. The molecule has 0 saturated heterocycles. The summed E-state index contributed by atoms with van der Waals surface area (Å²) in [6, 6.07) is -0.119. The van der Waals surface area contributed by atoms with Gasteiger partial charge in [-0.1, -0.05) is 0 Å². The van der Waals surface area contributed by atoms with Crippen molar-refractivity contribution in [1.29, 1.82) is 0 Å². The number of aromatic amines is 1. The van der Waals surface area contributed by atoms with Crippen molar-refractivity contribution in [2.24, 2.45) is 0 Å². The zero-order valence-corrected chi connectivity index (χ0v) is 9.19. The van der Waals surface area contributed by atoms with Crippen molar-refractivity contribution in [2.45, 2.75) is 11.1 Å². The molecule has 0 bridgehead atoms. The summed E-state index contributed by atoms with van der Waals surface area (Å²) in [5.74, 6) is -1.31. The van der Waals surface area contributed by atoms with Crippen LogP contribution < -0.4 is 4.72 Å². The van der Waals surface area contributed by atoms with E-state index in [4.69, 9.17) is 5.11 Å². The zero-order chi connectivity index (χ0) is 12.2. The topological polar surface area (TPSA) is 121 Å². The zero-order valence-electron chi connectivity index (χ0n) is 8.37. The van der Waals surface area contributed by atoms with Crippen LogP contribution in [0.3, 0.4) is 0 Å². The summed E-state index contributed by atoms with van der Waals surface area (Å²) in [4.78, 5) is 10.7. The van der Waals surface area contributed by atoms with Crippen molar-refractivity contribution < 1.29 is 23.1 Å². The number of H-pyrrole nitrogens is 1. The molecule has 0 radical (unpaired) electrons. The second-order valence-corrected chi connectivity index (χ2v) is 4.57. The van der Waals surface area contributed by atoms with E-state index in [1.165, 1.54) is 19.4 Å². The molecule has 9 heteroatoms. The molecule has 3 N–H and O–H groups in total. The van der Waals surface area contributed by atoms with Crippen molar-refractivity contribution in [3.8, 4) is 0 Å². The van der Waals surface area contributed by atoms with Gasteiger partial charge in [0.15, 0.2) is 5.03 Å². The number of carboxylic acid groups (broad SMARTS) is 1. The van der Waals surface area contributed by atoms with Crippen molar-refractivity contribution >= 4 is 16.0 Å². The number of nitrogens with zero attached hydrogens (tertiary/aromatic N) is 1. The smallest absolute Gasteiger partial charge is 0.324 e. The molecular weight excluding hydrogens is 238 g/mol. The number of hydrogen-bond donors (Lipinski definition) is 3. The van der Waals surface area contributed by atoms with Crippen LogP contribution in [0.1, 0.15) is 0 Å². The predicted octanol–water partition coefficient (Wildman–Crippen LogP) is -1.21. The Bertz CT molecular complexity index is 441. The number of aromatic nitrogens is 2. The van der Waals surface area contributed by atoms with E-state index in [9.17, 15) is 13.2 Å². The third kappa shape index (κ3) is 3.02. The molecule has 1 aromatic rings. The Kier molecular flexibility index (Phi) is 3.99. The van der Waals surface area contributed by atoms with Gasteiger partial charge < -0.3 is 9.84 Å². The summed E-state index contributed by atoms with van der Waals surface area (Å²) in [6.45, 7) is -0.261. The monoisotopic (exact) mass is 249 g/mol. The summed E-state index contributed by atoms with van der Waals surface area (Å²) in [7, 11) is -2.63.